The highest BCUT2D eigenvalue weighted by Gasteiger charge is 2.29. The Kier molecular flexibility index (Phi) is 5.40. The Bertz CT molecular complexity index is 252. The molecule has 1 heterocycles. The number of carbonyl (C=O) groups is 1. The Morgan fingerprint density at radius 2 is 2.12 bits per heavy atom. The third-order valence-electron chi connectivity index (χ3n) is 3.96. The fraction of sp³-hybridized carbons (Fsp3) is 0.923. The molecule has 0 aromatic rings. The van der Waals surface area contributed by atoms with E-state index in [1.807, 2.05) is 13.8 Å². The van der Waals surface area contributed by atoms with Crippen molar-refractivity contribution in [1.29, 1.82) is 0 Å². The molecule has 100 valence electrons. The highest BCUT2D eigenvalue weighted by atomic mass is 16.3. The van der Waals surface area contributed by atoms with E-state index in [9.17, 15) is 9.90 Å². The molecule has 0 spiro atoms. The summed E-state index contributed by atoms with van der Waals surface area (Å²) in [5, 5.41) is 16.2. The van der Waals surface area contributed by atoms with Gasteiger partial charge in [0.2, 0.25) is 5.91 Å². The van der Waals surface area contributed by atoms with Gasteiger partial charge in [-0.3, -0.25) is 4.79 Å². The summed E-state index contributed by atoms with van der Waals surface area (Å²) in [5.41, 5.74) is -0.756. The van der Waals surface area contributed by atoms with Crippen molar-refractivity contribution in [1.82, 2.24) is 10.6 Å². The molecular formula is C13H26N2O2. The Labute approximate surface area is 104 Å². The monoisotopic (exact) mass is 242 g/mol. The van der Waals surface area contributed by atoms with Gasteiger partial charge in [-0.05, 0) is 38.1 Å². The zero-order chi connectivity index (χ0) is 12.9. The maximum atomic E-state index is 12.0. The minimum atomic E-state index is -0.756. The van der Waals surface area contributed by atoms with E-state index in [0.717, 1.165) is 19.4 Å². The van der Waals surface area contributed by atoms with Crippen LogP contribution in [0, 0.1) is 5.92 Å². The second kappa shape index (κ2) is 6.36. The van der Waals surface area contributed by atoms with Gasteiger partial charge in [0.25, 0.3) is 0 Å². The van der Waals surface area contributed by atoms with Gasteiger partial charge in [0, 0.05) is 6.54 Å². The zero-order valence-electron chi connectivity index (χ0n) is 11.3. The van der Waals surface area contributed by atoms with Crippen LogP contribution in [0.4, 0.5) is 0 Å². The summed E-state index contributed by atoms with van der Waals surface area (Å²) in [5.74, 6) is 0.401. The van der Waals surface area contributed by atoms with E-state index in [1.54, 1.807) is 0 Å². The molecule has 0 aromatic heterocycles. The fourth-order valence-electron chi connectivity index (χ4n) is 2.26. The zero-order valence-corrected chi connectivity index (χ0v) is 11.3. The number of piperidine rings is 1. The van der Waals surface area contributed by atoms with Crippen LogP contribution in [0.3, 0.4) is 0 Å². The van der Waals surface area contributed by atoms with Crippen molar-refractivity contribution in [2.24, 2.45) is 5.92 Å². The highest BCUT2D eigenvalue weighted by Crippen LogP contribution is 2.17. The average Bonchev–Trinajstić information content (AvgIpc) is 2.36. The molecule has 0 aliphatic carbocycles. The van der Waals surface area contributed by atoms with Crippen molar-refractivity contribution in [2.45, 2.75) is 58.1 Å². The Morgan fingerprint density at radius 3 is 2.65 bits per heavy atom. The van der Waals surface area contributed by atoms with E-state index in [4.69, 9.17) is 0 Å². The predicted molar refractivity (Wildman–Crippen MR) is 68.7 cm³/mol. The fourth-order valence-corrected chi connectivity index (χ4v) is 2.26. The van der Waals surface area contributed by atoms with E-state index in [0.29, 0.717) is 25.3 Å². The van der Waals surface area contributed by atoms with E-state index in [1.165, 1.54) is 0 Å². The van der Waals surface area contributed by atoms with Crippen molar-refractivity contribution in [3.63, 3.8) is 0 Å². The van der Waals surface area contributed by atoms with Gasteiger partial charge >= 0.3 is 0 Å². The molecule has 1 saturated heterocycles. The van der Waals surface area contributed by atoms with Crippen LogP contribution in [0.5, 0.6) is 0 Å². The molecule has 1 amide bonds. The molecule has 2 atom stereocenters. The molecular weight excluding hydrogens is 216 g/mol. The van der Waals surface area contributed by atoms with Crippen molar-refractivity contribution >= 4 is 5.91 Å². The maximum absolute atomic E-state index is 12.0. The lowest BCUT2D eigenvalue weighted by molar-refractivity contribution is -0.126. The first-order chi connectivity index (χ1) is 8.02. The summed E-state index contributed by atoms with van der Waals surface area (Å²) in [6.07, 6.45) is 3.56. The van der Waals surface area contributed by atoms with E-state index < -0.39 is 5.60 Å². The third-order valence-corrected chi connectivity index (χ3v) is 3.96. The van der Waals surface area contributed by atoms with Crippen molar-refractivity contribution in [3.05, 3.63) is 0 Å². The summed E-state index contributed by atoms with van der Waals surface area (Å²) >= 11 is 0. The number of amides is 1. The summed E-state index contributed by atoms with van der Waals surface area (Å²) in [6.45, 7) is 7.24. The quantitative estimate of drug-likeness (QED) is 0.675. The number of hydrogen-bond donors (Lipinski definition) is 3. The van der Waals surface area contributed by atoms with Gasteiger partial charge in [0.1, 0.15) is 0 Å². The normalized spacial score (nSPS) is 25.6. The van der Waals surface area contributed by atoms with E-state index in [2.05, 4.69) is 17.6 Å². The summed E-state index contributed by atoms with van der Waals surface area (Å²) in [4.78, 5) is 12.0. The lowest BCUT2D eigenvalue weighted by Gasteiger charge is -2.31. The molecule has 0 saturated carbocycles. The van der Waals surface area contributed by atoms with Crippen LogP contribution in [-0.2, 0) is 4.79 Å². The molecule has 4 nitrogen and oxygen atoms in total. The number of hydrogen-bond acceptors (Lipinski definition) is 3. The van der Waals surface area contributed by atoms with Crippen LogP contribution in [0.15, 0.2) is 0 Å². The van der Waals surface area contributed by atoms with Gasteiger partial charge in [-0.1, -0.05) is 20.8 Å². The van der Waals surface area contributed by atoms with Crippen LogP contribution >= 0.6 is 0 Å². The number of rotatable bonds is 5. The van der Waals surface area contributed by atoms with E-state index in [-0.39, 0.29) is 11.9 Å². The van der Waals surface area contributed by atoms with Gasteiger partial charge in [-0.2, -0.15) is 0 Å². The number of carbonyl (C=O) groups excluding carboxylic acids is 1. The van der Waals surface area contributed by atoms with Gasteiger partial charge in [0.15, 0.2) is 0 Å². The van der Waals surface area contributed by atoms with Gasteiger partial charge < -0.3 is 15.7 Å². The average molecular weight is 242 g/mol. The largest absolute Gasteiger partial charge is 0.388 e. The standard InChI is InChI=1S/C13H26N2O2/c1-4-13(17,5-2)9-15-12(16)11-10(3)7-6-8-14-11/h10-11,14,17H,4-9H2,1-3H3,(H,15,16). The van der Waals surface area contributed by atoms with Gasteiger partial charge in [-0.25, -0.2) is 0 Å². The second-order valence-electron chi connectivity index (χ2n) is 5.20. The Balaban J connectivity index is 2.43. The lowest BCUT2D eigenvalue weighted by Crippen LogP contribution is -2.53. The summed E-state index contributed by atoms with van der Waals surface area (Å²) in [6, 6.07) is -0.0956. The Morgan fingerprint density at radius 1 is 1.47 bits per heavy atom. The minimum absolute atomic E-state index is 0.0255. The molecule has 1 aliphatic rings. The van der Waals surface area contributed by atoms with Crippen molar-refractivity contribution < 1.29 is 9.90 Å². The first-order valence-corrected chi connectivity index (χ1v) is 6.76. The molecule has 1 fully saturated rings. The van der Waals surface area contributed by atoms with Crippen LogP contribution in [0.1, 0.15) is 46.5 Å². The van der Waals surface area contributed by atoms with Crippen molar-refractivity contribution in [2.75, 3.05) is 13.1 Å². The third kappa shape index (κ3) is 3.96. The minimum Gasteiger partial charge on any atom is -0.388 e. The predicted octanol–water partition coefficient (Wildman–Crippen LogP) is 1.04. The van der Waals surface area contributed by atoms with Crippen LogP contribution in [0.25, 0.3) is 0 Å². The molecule has 0 bridgehead atoms. The van der Waals surface area contributed by atoms with Gasteiger partial charge in [-0.15, -0.1) is 0 Å². The first kappa shape index (κ1) is 14.5. The number of aliphatic hydroxyl groups is 1. The molecule has 1 aliphatic heterocycles. The molecule has 17 heavy (non-hydrogen) atoms. The van der Waals surface area contributed by atoms with Crippen LogP contribution in [0.2, 0.25) is 0 Å². The van der Waals surface area contributed by atoms with Gasteiger partial charge in [0.05, 0.1) is 11.6 Å². The second-order valence-corrected chi connectivity index (χ2v) is 5.20. The smallest absolute Gasteiger partial charge is 0.237 e. The highest BCUT2D eigenvalue weighted by molar-refractivity contribution is 5.82. The molecule has 3 N–H and O–H groups in total. The van der Waals surface area contributed by atoms with Crippen molar-refractivity contribution in [3.8, 4) is 0 Å². The molecule has 1 rings (SSSR count). The maximum Gasteiger partial charge on any atom is 0.237 e. The molecule has 4 heteroatoms. The first-order valence-electron chi connectivity index (χ1n) is 6.76. The van der Waals surface area contributed by atoms with E-state index >= 15 is 0 Å². The van der Waals surface area contributed by atoms with Crippen LogP contribution < -0.4 is 10.6 Å². The molecule has 0 aromatic carbocycles. The molecule has 0 radical (unpaired) electrons. The van der Waals surface area contributed by atoms with Crippen LogP contribution in [-0.4, -0.2) is 35.7 Å². The number of nitrogens with one attached hydrogen (secondary N) is 2. The SMILES string of the molecule is CCC(O)(CC)CNC(=O)C1NCCCC1C. The molecule has 2 unspecified atom stereocenters. The summed E-state index contributed by atoms with van der Waals surface area (Å²) < 4.78 is 0. The topological polar surface area (TPSA) is 61.4 Å². The lowest BCUT2D eigenvalue weighted by atomic mass is 9.91. The Hall–Kier alpha value is -0.610. The summed E-state index contributed by atoms with van der Waals surface area (Å²) in [7, 11) is 0.